The van der Waals surface area contributed by atoms with Crippen molar-refractivity contribution < 1.29 is 23.5 Å². The van der Waals surface area contributed by atoms with Crippen LogP contribution in [0.5, 0.6) is 11.6 Å². The van der Waals surface area contributed by atoms with E-state index in [1.54, 1.807) is 36.5 Å². The summed E-state index contributed by atoms with van der Waals surface area (Å²) >= 11 is 0. The average Bonchev–Trinajstić information content (AvgIpc) is 3.69. The molecule has 0 saturated heterocycles. The molecule has 2 aliphatic carbocycles. The van der Waals surface area contributed by atoms with Crippen molar-refractivity contribution in [2.75, 3.05) is 10.2 Å². The monoisotopic (exact) mass is 537 g/mol. The Morgan fingerprint density at radius 2 is 1.65 bits per heavy atom. The summed E-state index contributed by atoms with van der Waals surface area (Å²) in [5, 5.41) is 3.14. The molecule has 0 aliphatic heterocycles. The molecule has 0 spiro atoms. The molecule has 40 heavy (non-hydrogen) atoms. The van der Waals surface area contributed by atoms with Gasteiger partial charge in [-0.3, -0.25) is 19.3 Å². The highest BCUT2D eigenvalue weighted by Crippen LogP contribution is 2.49. The van der Waals surface area contributed by atoms with Crippen molar-refractivity contribution in [3.8, 4) is 11.6 Å². The fourth-order valence-corrected chi connectivity index (χ4v) is 4.78. The van der Waals surface area contributed by atoms with E-state index < -0.39 is 23.0 Å². The summed E-state index contributed by atoms with van der Waals surface area (Å²) < 4.78 is 19.5. The fraction of sp³-hybridized carbons (Fsp3) is 0.167. The lowest BCUT2D eigenvalue weighted by Gasteiger charge is -2.26. The van der Waals surface area contributed by atoms with Gasteiger partial charge in [-0.25, -0.2) is 9.37 Å². The number of hydrogen-bond acceptors (Lipinski definition) is 7. The Bertz CT molecular complexity index is 1640. The van der Waals surface area contributed by atoms with E-state index in [1.165, 1.54) is 29.2 Å². The van der Waals surface area contributed by atoms with Crippen LogP contribution in [0, 0.1) is 11.2 Å². The van der Waals surface area contributed by atoms with Crippen LogP contribution in [0.25, 0.3) is 0 Å². The first-order chi connectivity index (χ1) is 19.3. The fourth-order valence-electron chi connectivity index (χ4n) is 4.78. The van der Waals surface area contributed by atoms with E-state index in [1.807, 2.05) is 18.2 Å². The van der Waals surface area contributed by atoms with Gasteiger partial charge < -0.3 is 15.8 Å². The minimum atomic E-state index is -1.26. The second-order valence-corrected chi connectivity index (χ2v) is 9.80. The van der Waals surface area contributed by atoms with Gasteiger partial charge in [-0.15, -0.1) is 0 Å². The SMILES string of the molecule is NC(=O)C1(C(=O)N(c2ccc(F)cc2)c2ccc(Oc3ccnc(Nc4ccc5c(c4)CCC5=O)n3)cc2)CC1. The summed E-state index contributed by atoms with van der Waals surface area (Å²) in [6.45, 7) is 0. The number of nitrogens with one attached hydrogen (secondary N) is 1. The van der Waals surface area contributed by atoms with Crippen LogP contribution in [0.1, 0.15) is 35.2 Å². The average molecular weight is 538 g/mol. The third kappa shape index (κ3) is 4.75. The molecule has 200 valence electrons. The maximum Gasteiger partial charge on any atom is 0.247 e. The van der Waals surface area contributed by atoms with E-state index >= 15 is 0 Å². The topological polar surface area (TPSA) is 128 Å². The molecule has 10 heteroatoms. The third-order valence-corrected chi connectivity index (χ3v) is 7.15. The van der Waals surface area contributed by atoms with Crippen LogP contribution in [0.4, 0.5) is 27.4 Å². The molecule has 3 N–H and O–H groups in total. The summed E-state index contributed by atoms with van der Waals surface area (Å²) in [6, 6.07) is 19.3. The van der Waals surface area contributed by atoms with Crippen LogP contribution < -0.4 is 20.7 Å². The molecular weight excluding hydrogens is 513 g/mol. The van der Waals surface area contributed by atoms with E-state index in [9.17, 15) is 18.8 Å². The molecule has 1 heterocycles. The van der Waals surface area contributed by atoms with E-state index in [2.05, 4.69) is 15.3 Å². The molecule has 0 bridgehead atoms. The lowest BCUT2D eigenvalue weighted by Crippen LogP contribution is -2.41. The number of carbonyl (C=O) groups is 3. The van der Waals surface area contributed by atoms with Crippen molar-refractivity contribution in [1.29, 1.82) is 0 Å². The first kappa shape index (κ1) is 25.2. The second kappa shape index (κ2) is 9.88. The molecule has 3 aromatic carbocycles. The summed E-state index contributed by atoms with van der Waals surface area (Å²) in [5.74, 6) is -0.350. The van der Waals surface area contributed by atoms with E-state index in [-0.39, 0.29) is 5.78 Å². The van der Waals surface area contributed by atoms with Gasteiger partial charge >= 0.3 is 0 Å². The number of ketones is 1. The summed E-state index contributed by atoms with van der Waals surface area (Å²) in [5.41, 5.74) is 7.70. The number of anilines is 4. The number of halogens is 1. The highest BCUT2D eigenvalue weighted by Gasteiger charge is 2.57. The smallest absolute Gasteiger partial charge is 0.247 e. The Hall–Kier alpha value is -5.12. The molecule has 9 nitrogen and oxygen atoms in total. The zero-order valence-electron chi connectivity index (χ0n) is 21.3. The van der Waals surface area contributed by atoms with Crippen LogP contribution in [0.3, 0.4) is 0 Å². The first-order valence-electron chi connectivity index (χ1n) is 12.8. The van der Waals surface area contributed by atoms with Crippen molar-refractivity contribution in [3.05, 3.63) is 95.9 Å². The normalized spacial score (nSPS) is 14.8. The number of hydrogen-bond donors (Lipinski definition) is 2. The van der Waals surface area contributed by atoms with Crippen LogP contribution in [-0.2, 0) is 16.0 Å². The van der Waals surface area contributed by atoms with Crippen LogP contribution in [0.15, 0.2) is 79.0 Å². The zero-order valence-corrected chi connectivity index (χ0v) is 21.3. The Balaban J connectivity index is 1.21. The molecule has 6 rings (SSSR count). The van der Waals surface area contributed by atoms with Gasteiger partial charge in [0.25, 0.3) is 0 Å². The number of nitrogens with zero attached hydrogens (tertiary/aromatic N) is 3. The number of aryl methyl sites for hydroxylation is 1. The number of primary amides is 1. The summed E-state index contributed by atoms with van der Waals surface area (Å²) in [7, 11) is 0. The van der Waals surface area contributed by atoms with E-state index in [4.69, 9.17) is 10.5 Å². The maximum absolute atomic E-state index is 13.6. The number of ether oxygens (including phenoxy) is 1. The van der Waals surface area contributed by atoms with Crippen LogP contribution >= 0.6 is 0 Å². The van der Waals surface area contributed by atoms with E-state index in [0.717, 1.165) is 23.2 Å². The van der Waals surface area contributed by atoms with Gasteiger partial charge in [-0.1, -0.05) is 0 Å². The number of Topliss-reactive ketones (excluding diaryl/α,β-unsaturated/α-hetero) is 1. The number of amides is 2. The predicted molar refractivity (Wildman–Crippen MR) is 145 cm³/mol. The number of nitrogens with two attached hydrogens (primary N) is 1. The number of benzene rings is 3. The minimum Gasteiger partial charge on any atom is -0.439 e. The van der Waals surface area contributed by atoms with Gasteiger partial charge in [0.05, 0.1) is 0 Å². The molecule has 2 aliphatic rings. The van der Waals surface area contributed by atoms with Gasteiger partial charge in [0, 0.05) is 41.3 Å². The lowest BCUT2D eigenvalue weighted by atomic mass is 10.0. The van der Waals surface area contributed by atoms with Crippen LogP contribution in [0.2, 0.25) is 0 Å². The first-order valence-corrected chi connectivity index (χ1v) is 12.8. The van der Waals surface area contributed by atoms with Gasteiger partial charge in [0.1, 0.15) is 17.0 Å². The summed E-state index contributed by atoms with van der Waals surface area (Å²) in [6.07, 6.45) is 3.54. The molecule has 4 aromatic rings. The Morgan fingerprint density at radius 3 is 2.33 bits per heavy atom. The molecule has 2 amide bonds. The van der Waals surface area contributed by atoms with Gasteiger partial charge in [0.2, 0.25) is 23.6 Å². The number of carbonyl (C=O) groups excluding carboxylic acids is 3. The Kier molecular flexibility index (Phi) is 6.22. The van der Waals surface area contributed by atoms with Gasteiger partial charge in [0.15, 0.2) is 5.78 Å². The zero-order chi connectivity index (χ0) is 27.9. The summed E-state index contributed by atoms with van der Waals surface area (Å²) in [4.78, 5) is 47.4. The number of aromatic nitrogens is 2. The molecule has 1 saturated carbocycles. The molecule has 0 radical (unpaired) electrons. The largest absolute Gasteiger partial charge is 0.439 e. The van der Waals surface area contributed by atoms with Crippen molar-refractivity contribution in [3.63, 3.8) is 0 Å². The number of rotatable bonds is 8. The van der Waals surface area contributed by atoms with Crippen molar-refractivity contribution in [2.24, 2.45) is 11.1 Å². The van der Waals surface area contributed by atoms with Gasteiger partial charge in [-0.2, -0.15) is 4.98 Å². The molecule has 0 unspecified atom stereocenters. The quantitative estimate of drug-likeness (QED) is 0.295. The predicted octanol–water partition coefficient (Wildman–Crippen LogP) is 5.21. The molecule has 0 atom stereocenters. The lowest BCUT2D eigenvalue weighted by molar-refractivity contribution is -0.133. The van der Waals surface area contributed by atoms with E-state index in [0.29, 0.717) is 48.2 Å². The van der Waals surface area contributed by atoms with Crippen molar-refractivity contribution >= 4 is 40.6 Å². The maximum atomic E-state index is 13.6. The third-order valence-electron chi connectivity index (χ3n) is 7.15. The van der Waals surface area contributed by atoms with Crippen molar-refractivity contribution in [2.45, 2.75) is 25.7 Å². The highest BCUT2D eigenvalue weighted by molar-refractivity contribution is 6.16. The highest BCUT2D eigenvalue weighted by atomic mass is 19.1. The standard InChI is InChI=1S/C30H24FN5O4/c31-19-2-5-21(6-3-19)36(28(39)30(14-15-30)27(32)38)22-7-9-23(10-8-22)40-26-13-16-33-29(35-26)34-20-4-11-24-18(17-20)1-12-25(24)37/h2-11,13,16-17H,1,12,14-15H2,(H2,32,38)(H,33,34,35). The van der Waals surface area contributed by atoms with Crippen LogP contribution in [-0.4, -0.2) is 27.6 Å². The van der Waals surface area contributed by atoms with Gasteiger partial charge in [-0.05, 0) is 91.6 Å². The molecular formula is C30H24FN5O4. The Morgan fingerprint density at radius 1 is 0.950 bits per heavy atom. The Labute approximate surface area is 228 Å². The molecule has 1 aromatic heterocycles. The minimum absolute atomic E-state index is 0.157. The number of fused-ring (bicyclic) bond motifs is 1. The molecule has 1 fully saturated rings. The second-order valence-electron chi connectivity index (χ2n) is 9.80. The van der Waals surface area contributed by atoms with Crippen molar-refractivity contribution in [1.82, 2.24) is 9.97 Å².